The van der Waals surface area contributed by atoms with Crippen LogP contribution in [0.2, 0.25) is 0 Å². The van der Waals surface area contributed by atoms with Crippen molar-refractivity contribution in [2.75, 3.05) is 5.32 Å². The Balaban J connectivity index is 1.83. The number of amides is 1. The van der Waals surface area contributed by atoms with Crippen molar-refractivity contribution < 1.29 is 4.79 Å². The molecule has 0 saturated heterocycles. The van der Waals surface area contributed by atoms with E-state index in [0.717, 1.165) is 28.0 Å². The van der Waals surface area contributed by atoms with Crippen LogP contribution in [-0.4, -0.2) is 20.9 Å². The van der Waals surface area contributed by atoms with Crippen molar-refractivity contribution in [3.63, 3.8) is 0 Å². The zero-order valence-corrected chi connectivity index (χ0v) is 11.6. The number of carbonyl (C=O) groups is 1. The highest BCUT2D eigenvalue weighted by molar-refractivity contribution is 6.12. The molecule has 1 aromatic heterocycles. The highest BCUT2D eigenvalue weighted by atomic mass is 16.1. The van der Waals surface area contributed by atoms with Crippen LogP contribution < -0.4 is 5.32 Å². The smallest absolute Gasteiger partial charge is 0.257 e. The van der Waals surface area contributed by atoms with Gasteiger partial charge in [0.1, 0.15) is 0 Å². The molecular weight excluding hydrogens is 276 g/mol. The lowest BCUT2D eigenvalue weighted by Gasteiger charge is -2.04. The molecule has 1 aromatic carbocycles. The first-order valence-corrected chi connectivity index (χ1v) is 6.90. The maximum atomic E-state index is 12.6. The van der Waals surface area contributed by atoms with E-state index in [1.54, 1.807) is 12.5 Å². The molecule has 2 heterocycles. The van der Waals surface area contributed by atoms with Gasteiger partial charge in [0.2, 0.25) is 0 Å². The summed E-state index contributed by atoms with van der Waals surface area (Å²) in [7, 11) is 0. The third-order valence-electron chi connectivity index (χ3n) is 3.56. The zero-order valence-electron chi connectivity index (χ0n) is 11.6. The lowest BCUT2D eigenvalue weighted by molar-refractivity contribution is 0.102. The lowest BCUT2D eigenvalue weighted by Crippen LogP contribution is -2.11. The number of carbonyl (C=O) groups excluding carboxylic acids is 1. The Hall–Kier alpha value is -3.21. The van der Waals surface area contributed by atoms with Crippen LogP contribution in [0, 0.1) is 0 Å². The predicted molar refractivity (Wildman–Crippen MR) is 84.9 cm³/mol. The molecule has 1 aliphatic carbocycles. The standard InChI is InChI=1S/C17H12N4O/c22-17(21-11-5-2-1-3-6-11)12-9-18-13-7-4-8-14-16(15(12)13)20-10-19-14/h1-10H,(H,19,20)(H,21,22). The number of aromatic nitrogens is 3. The molecule has 5 nitrogen and oxygen atoms in total. The van der Waals surface area contributed by atoms with Crippen LogP contribution in [0.15, 0.2) is 61.1 Å². The summed E-state index contributed by atoms with van der Waals surface area (Å²) in [5, 5.41) is 2.89. The second kappa shape index (κ2) is 4.96. The topological polar surface area (TPSA) is 70.7 Å². The van der Waals surface area contributed by atoms with Gasteiger partial charge >= 0.3 is 0 Å². The Bertz CT molecular complexity index is 930. The molecule has 2 aromatic rings. The largest absolute Gasteiger partial charge is 0.344 e. The van der Waals surface area contributed by atoms with Crippen molar-refractivity contribution >= 4 is 22.6 Å². The molecule has 0 bridgehead atoms. The number of fused-ring (bicyclic) bond motifs is 3. The molecule has 0 radical (unpaired) electrons. The number of H-pyrrole nitrogens is 1. The molecular formula is C17H12N4O. The van der Waals surface area contributed by atoms with Crippen LogP contribution >= 0.6 is 0 Å². The fraction of sp³-hybridized carbons (Fsp3) is 0. The first kappa shape index (κ1) is 12.5. The van der Waals surface area contributed by atoms with E-state index in [-0.39, 0.29) is 5.91 Å². The molecule has 0 unspecified atom stereocenters. The number of rotatable bonds is 2. The fourth-order valence-electron chi connectivity index (χ4n) is 2.54. The third-order valence-corrected chi connectivity index (χ3v) is 3.56. The van der Waals surface area contributed by atoms with Crippen molar-refractivity contribution in [1.82, 2.24) is 15.0 Å². The fourth-order valence-corrected chi connectivity index (χ4v) is 2.54. The minimum absolute atomic E-state index is 0.184. The van der Waals surface area contributed by atoms with Crippen molar-refractivity contribution in [2.45, 2.75) is 0 Å². The zero-order chi connectivity index (χ0) is 14.9. The summed E-state index contributed by atoms with van der Waals surface area (Å²) in [6.45, 7) is 0. The number of benzene rings is 1. The molecule has 106 valence electrons. The number of hydrogen-bond donors (Lipinski definition) is 2. The first-order valence-electron chi connectivity index (χ1n) is 6.90. The summed E-state index contributed by atoms with van der Waals surface area (Å²) in [6.07, 6.45) is 3.22. The number of aromatic amines is 1. The summed E-state index contributed by atoms with van der Waals surface area (Å²) in [6, 6.07) is 15.0. The monoisotopic (exact) mass is 288 g/mol. The maximum absolute atomic E-state index is 12.6. The highest BCUT2D eigenvalue weighted by Gasteiger charge is 2.20. The molecule has 4 rings (SSSR count). The molecule has 2 N–H and O–H groups in total. The number of hydrogen-bond acceptors (Lipinski definition) is 3. The maximum Gasteiger partial charge on any atom is 0.257 e. The van der Waals surface area contributed by atoms with Gasteiger partial charge in [0, 0.05) is 17.4 Å². The van der Waals surface area contributed by atoms with Gasteiger partial charge in [0.25, 0.3) is 5.91 Å². The lowest BCUT2D eigenvalue weighted by atomic mass is 10.1. The summed E-state index contributed by atoms with van der Waals surface area (Å²) < 4.78 is 0. The normalized spacial score (nSPS) is 10.9. The highest BCUT2D eigenvalue weighted by Crippen LogP contribution is 2.30. The van der Waals surface area contributed by atoms with Crippen LogP contribution in [0.3, 0.4) is 0 Å². The minimum Gasteiger partial charge on any atom is -0.344 e. The van der Waals surface area contributed by atoms with E-state index in [0.29, 0.717) is 5.56 Å². The van der Waals surface area contributed by atoms with Crippen LogP contribution in [0.1, 0.15) is 10.4 Å². The Morgan fingerprint density at radius 2 is 1.86 bits per heavy atom. The van der Waals surface area contributed by atoms with E-state index < -0.39 is 0 Å². The third kappa shape index (κ3) is 2.00. The number of nitrogens with one attached hydrogen (secondary N) is 2. The van der Waals surface area contributed by atoms with E-state index in [4.69, 9.17) is 0 Å². The summed E-state index contributed by atoms with van der Waals surface area (Å²) >= 11 is 0. The van der Waals surface area contributed by atoms with Gasteiger partial charge in [-0.1, -0.05) is 24.3 Å². The minimum atomic E-state index is -0.184. The molecule has 0 saturated carbocycles. The second-order valence-corrected chi connectivity index (χ2v) is 4.94. The van der Waals surface area contributed by atoms with Crippen LogP contribution in [0.5, 0.6) is 0 Å². The van der Waals surface area contributed by atoms with Crippen LogP contribution in [-0.2, 0) is 0 Å². The van der Waals surface area contributed by atoms with Crippen LogP contribution in [0.4, 0.5) is 5.69 Å². The Labute approximate surface area is 126 Å². The van der Waals surface area contributed by atoms with Gasteiger partial charge in [-0.25, -0.2) is 4.98 Å². The number of nitrogens with zero attached hydrogens (tertiary/aromatic N) is 2. The molecule has 0 atom stereocenters. The molecule has 5 heteroatoms. The van der Waals surface area contributed by atoms with E-state index in [1.165, 1.54) is 0 Å². The van der Waals surface area contributed by atoms with Crippen molar-refractivity contribution in [3.05, 3.63) is 66.6 Å². The van der Waals surface area contributed by atoms with Gasteiger partial charge in [-0.05, 0) is 24.3 Å². The van der Waals surface area contributed by atoms with E-state index in [1.807, 2.05) is 48.5 Å². The quantitative estimate of drug-likeness (QED) is 0.594. The summed E-state index contributed by atoms with van der Waals surface area (Å²) in [5.74, 6) is -0.184. The summed E-state index contributed by atoms with van der Waals surface area (Å²) in [4.78, 5) is 24.3. The second-order valence-electron chi connectivity index (χ2n) is 4.94. The Morgan fingerprint density at radius 1 is 1.00 bits per heavy atom. The van der Waals surface area contributed by atoms with Crippen LogP contribution in [0.25, 0.3) is 22.3 Å². The molecule has 1 amide bonds. The SMILES string of the molecule is O=C(Nc1ccccc1)c1cnc2cccc3nc[nH]c3c1-2. The number of para-hydroxylation sites is 1. The number of anilines is 1. The van der Waals surface area contributed by atoms with Gasteiger partial charge in [0.15, 0.2) is 0 Å². The molecule has 2 aliphatic rings. The van der Waals surface area contributed by atoms with E-state index >= 15 is 0 Å². The number of imidazole rings is 1. The summed E-state index contributed by atoms with van der Waals surface area (Å²) in [5.41, 5.74) is 4.45. The van der Waals surface area contributed by atoms with Crippen molar-refractivity contribution in [2.24, 2.45) is 0 Å². The molecule has 22 heavy (non-hydrogen) atoms. The van der Waals surface area contributed by atoms with Gasteiger partial charge in [-0.15, -0.1) is 0 Å². The van der Waals surface area contributed by atoms with E-state index in [2.05, 4.69) is 20.3 Å². The Kier molecular flexibility index (Phi) is 2.83. The first-order chi connectivity index (χ1) is 10.8. The average molecular weight is 288 g/mol. The Morgan fingerprint density at radius 3 is 2.73 bits per heavy atom. The molecule has 1 aliphatic heterocycles. The van der Waals surface area contributed by atoms with Gasteiger partial charge in [0.05, 0.1) is 28.6 Å². The average Bonchev–Trinajstić information content (AvgIpc) is 3.12. The molecule has 0 spiro atoms. The predicted octanol–water partition coefficient (Wildman–Crippen LogP) is 3.32. The van der Waals surface area contributed by atoms with E-state index in [9.17, 15) is 4.79 Å². The van der Waals surface area contributed by atoms with Crippen molar-refractivity contribution in [3.8, 4) is 11.3 Å². The van der Waals surface area contributed by atoms with Gasteiger partial charge < -0.3 is 10.3 Å². The van der Waals surface area contributed by atoms with Gasteiger partial charge in [-0.2, -0.15) is 0 Å². The molecule has 0 fully saturated rings. The van der Waals surface area contributed by atoms with Gasteiger partial charge in [-0.3, -0.25) is 9.78 Å². The van der Waals surface area contributed by atoms with Crippen molar-refractivity contribution in [1.29, 1.82) is 0 Å².